The first kappa shape index (κ1) is 16.0. The third-order valence-electron chi connectivity index (χ3n) is 3.78. The highest BCUT2D eigenvalue weighted by Crippen LogP contribution is 2.24. The molecule has 0 aromatic heterocycles. The molecule has 110 valence electrons. The summed E-state index contributed by atoms with van der Waals surface area (Å²) in [5.74, 6) is -0.158. The molecule has 0 aromatic rings. The molecule has 1 saturated carbocycles. The maximum atomic E-state index is 12.2. The average Bonchev–Trinajstić information content (AvgIpc) is 2.36. The molecule has 1 rings (SSSR count). The fourth-order valence-corrected chi connectivity index (χ4v) is 2.64. The van der Waals surface area contributed by atoms with Crippen LogP contribution in [0.4, 0.5) is 0 Å². The van der Waals surface area contributed by atoms with E-state index in [1.165, 1.54) is 6.92 Å². The van der Waals surface area contributed by atoms with Crippen molar-refractivity contribution < 1.29 is 14.7 Å². The van der Waals surface area contributed by atoms with Gasteiger partial charge in [-0.15, -0.1) is 0 Å². The van der Waals surface area contributed by atoms with E-state index in [0.29, 0.717) is 0 Å². The van der Waals surface area contributed by atoms with Gasteiger partial charge in [0.1, 0.15) is 6.04 Å². The molecule has 1 fully saturated rings. The number of amides is 2. The molecule has 0 heterocycles. The van der Waals surface area contributed by atoms with Crippen molar-refractivity contribution in [3.8, 4) is 0 Å². The van der Waals surface area contributed by atoms with E-state index in [1.54, 1.807) is 0 Å². The van der Waals surface area contributed by atoms with Crippen molar-refractivity contribution in [3.05, 3.63) is 0 Å². The molecule has 0 aliphatic heterocycles. The van der Waals surface area contributed by atoms with Gasteiger partial charge in [-0.25, -0.2) is 0 Å². The van der Waals surface area contributed by atoms with Gasteiger partial charge in [-0.1, -0.05) is 26.7 Å². The Balaban J connectivity index is 2.61. The van der Waals surface area contributed by atoms with Crippen LogP contribution in [0.5, 0.6) is 0 Å². The highest BCUT2D eigenvalue weighted by atomic mass is 16.3. The molecule has 0 bridgehead atoms. The third-order valence-corrected chi connectivity index (χ3v) is 3.78. The summed E-state index contributed by atoms with van der Waals surface area (Å²) in [5, 5.41) is 15.0. The van der Waals surface area contributed by atoms with Crippen LogP contribution in [0, 0.1) is 11.8 Å². The van der Waals surface area contributed by atoms with Crippen molar-refractivity contribution in [2.45, 2.75) is 58.5 Å². The Labute approximate surface area is 115 Å². The summed E-state index contributed by atoms with van der Waals surface area (Å²) in [5.41, 5.74) is 0. The van der Waals surface area contributed by atoms with Crippen molar-refractivity contribution in [3.63, 3.8) is 0 Å². The molecule has 19 heavy (non-hydrogen) atoms. The zero-order valence-corrected chi connectivity index (χ0v) is 12.1. The first-order valence-corrected chi connectivity index (χ1v) is 7.14. The monoisotopic (exact) mass is 270 g/mol. The summed E-state index contributed by atoms with van der Waals surface area (Å²) in [7, 11) is 0. The molecule has 0 aromatic carbocycles. The van der Waals surface area contributed by atoms with E-state index in [2.05, 4.69) is 10.6 Å². The van der Waals surface area contributed by atoms with Gasteiger partial charge >= 0.3 is 0 Å². The van der Waals surface area contributed by atoms with E-state index in [-0.39, 0.29) is 36.3 Å². The number of carbonyl (C=O) groups is 2. The normalized spacial score (nSPS) is 24.9. The number of aliphatic hydroxyl groups is 1. The van der Waals surface area contributed by atoms with Gasteiger partial charge in [0.2, 0.25) is 11.8 Å². The first-order valence-electron chi connectivity index (χ1n) is 7.14. The summed E-state index contributed by atoms with van der Waals surface area (Å²) >= 11 is 0. The number of aliphatic hydroxyl groups excluding tert-OH is 1. The number of rotatable bonds is 5. The minimum atomic E-state index is -0.501. The second kappa shape index (κ2) is 7.48. The van der Waals surface area contributed by atoms with Gasteiger partial charge in [0.05, 0.1) is 0 Å². The molecule has 2 amide bonds. The van der Waals surface area contributed by atoms with Gasteiger partial charge in [-0.2, -0.15) is 0 Å². The standard InChI is InChI=1S/C14H26N2O3/c1-9(2)13(15-10(3)18)14(19)16-12-7-5-4-6-11(12)8-17/h9,11-13,17H,4-8H2,1-3H3,(H,15,18)(H,16,19). The fraction of sp³-hybridized carbons (Fsp3) is 0.857. The zero-order chi connectivity index (χ0) is 14.4. The van der Waals surface area contributed by atoms with Crippen LogP contribution in [0.2, 0.25) is 0 Å². The minimum Gasteiger partial charge on any atom is -0.396 e. The van der Waals surface area contributed by atoms with E-state index in [4.69, 9.17) is 0 Å². The van der Waals surface area contributed by atoms with Crippen LogP contribution in [0.15, 0.2) is 0 Å². The Morgan fingerprint density at radius 1 is 1.26 bits per heavy atom. The molecule has 0 saturated heterocycles. The summed E-state index contributed by atoms with van der Waals surface area (Å²) in [6, 6.07) is -0.472. The summed E-state index contributed by atoms with van der Waals surface area (Å²) in [6.45, 7) is 5.34. The average molecular weight is 270 g/mol. The summed E-state index contributed by atoms with van der Waals surface area (Å²) < 4.78 is 0. The Morgan fingerprint density at radius 2 is 1.89 bits per heavy atom. The van der Waals surface area contributed by atoms with Crippen LogP contribution >= 0.6 is 0 Å². The number of hydrogen-bond acceptors (Lipinski definition) is 3. The van der Waals surface area contributed by atoms with E-state index >= 15 is 0 Å². The van der Waals surface area contributed by atoms with Gasteiger partial charge in [-0.3, -0.25) is 9.59 Å². The number of hydrogen-bond donors (Lipinski definition) is 3. The largest absolute Gasteiger partial charge is 0.396 e. The Bertz CT molecular complexity index is 318. The van der Waals surface area contributed by atoms with E-state index < -0.39 is 6.04 Å². The number of nitrogens with one attached hydrogen (secondary N) is 2. The third kappa shape index (κ3) is 4.82. The van der Waals surface area contributed by atoms with Crippen LogP contribution < -0.4 is 10.6 Å². The van der Waals surface area contributed by atoms with E-state index in [9.17, 15) is 14.7 Å². The predicted molar refractivity (Wildman–Crippen MR) is 73.4 cm³/mol. The quantitative estimate of drug-likeness (QED) is 0.692. The zero-order valence-electron chi connectivity index (χ0n) is 12.1. The Hall–Kier alpha value is -1.10. The molecule has 1 aliphatic rings. The molecule has 0 radical (unpaired) electrons. The van der Waals surface area contributed by atoms with Crippen LogP contribution in [0.25, 0.3) is 0 Å². The van der Waals surface area contributed by atoms with Crippen LogP contribution in [0.3, 0.4) is 0 Å². The molecule has 0 spiro atoms. The van der Waals surface area contributed by atoms with Crippen molar-refractivity contribution >= 4 is 11.8 Å². The van der Waals surface area contributed by atoms with Crippen LogP contribution in [-0.4, -0.2) is 35.6 Å². The molecular formula is C14H26N2O3. The lowest BCUT2D eigenvalue weighted by molar-refractivity contribution is -0.130. The molecule has 5 nitrogen and oxygen atoms in total. The molecule has 3 atom stereocenters. The topological polar surface area (TPSA) is 78.4 Å². The highest BCUT2D eigenvalue weighted by molar-refractivity contribution is 5.87. The lowest BCUT2D eigenvalue weighted by Gasteiger charge is -2.32. The Morgan fingerprint density at radius 3 is 2.42 bits per heavy atom. The molecule has 5 heteroatoms. The van der Waals surface area contributed by atoms with Gasteiger partial charge in [-0.05, 0) is 18.8 Å². The van der Waals surface area contributed by atoms with Crippen molar-refractivity contribution in [1.29, 1.82) is 0 Å². The lowest BCUT2D eigenvalue weighted by atomic mass is 9.84. The molecule has 3 N–H and O–H groups in total. The maximum Gasteiger partial charge on any atom is 0.243 e. The molecular weight excluding hydrogens is 244 g/mol. The van der Waals surface area contributed by atoms with Gasteiger partial charge in [0.15, 0.2) is 0 Å². The van der Waals surface area contributed by atoms with E-state index in [0.717, 1.165) is 25.7 Å². The van der Waals surface area contributed by atoms with Crippen molar-refractivity contribution in [1.82, 2.24) is 10.6 Å². The van der Waals surface area contributed by atoms with Crippen molar-refractivity contribution in [2.24, 2.45) is 11.8 Å². The second-order valence-corrected chi connectivity index (χ2v) is 5.76. The number of carbonyl (C=O) groups excluding carboxylic acids is 2. The van der Waals surface area contributed by atoms with Crippen LogP contribution in [0.1, 0.15) is 46.5 Å². The smallest absolute Gasteiger partial charge is 0.243 e. The highest BCUT2D eigenvalue weighted by Gasteiger charge is 2.30. The maximum absolute atomic E-state index is 12.2. The minimum absolute atomic E-state index is 0.0289. The lowest BCUT2D eigenvalue weighted by Crippen LogP contribution is -2.54. The van der Waals surface area contributed by atoms with Gasteiger partial charge in [0, 0.05) is 25.5 Å². The van der Waals surface area contributed by atoms with Crippen molar-refractivity contribution in [2.75, 3.05) is 6.61 Å². The van der Waals surface area contributed by atoms with Gasteiger partial charge in [0.25, 0.3) is 0 Å². The molecule has 3 unspecified atom stereocenters. The second-order valence-electron chi connectivity index (χ2n) is 5.76. The first-order chi connectivity index (χ1) is 8.95. The molecule has 1 aliphatic carbocycles. The van der Waals surface area contributed by atoms with E-state index in [1.807, 2.05) is 13.8 Å². The predicted octanol–water partition coefficient (Wildman–Crippen LogP) is 0.814. The van der Waals surface area contributed by atoms with Crippen LogP contribution in [-0.2, 0) is 9.59 Å². The fourth-order valence-electron chi connectivity index (χ4n) is 2.64. The SMILES string of the molecule is CC(=O)NC(C(=O)NC1CCCCC1CO)C(C)C. The summed E-state index contributed by atoms with van der Waals surface area (Å²) in [4.78, 5) is 23.4. The summed E-state index contributed by atoms with van der Waals surface area (Å²) in [6.07, 6.45) is 4.04. The Kier molecular flexibility index (Phi) is 6.28. The van der Waals surface area contributed by atoms with Gasteiger partial charge < -0.3 is 15.7 Å².